The molecule has 0 bridgehead atoms. The lowest BCUT2D eigenvalue weighted by atomic mass is 10.0. The molecule has 0 saturated carbocycles. The summed E-state index contributed by atoms with van der Waals surface area (Å²) in [5, 5.41) is 8.43. The van der Waals surface area contributed by atoms with Crippen molar-refractivity contribution in [3.63, 3.8) is 0 Å². The molecule has 1 aliphatic heterocycles. The van der Waals surface area contributed by atoms with Gasteiger partial charge < -0.3 is 5.32 Å². The third-order valence-electron chi connectivity index (χ3n) is 5.22. The van der Waals surface area contributed by atoms with Gasteiger partial charge >= 0.3 is 0 Å². The number of nitrogens with one attached hydrogen (secondary N) is 1. The van der Waals surface area contributed by atoms with Crippen molar-refractivity contribution in [3.05, 3.63) is 54.1 Å². The highest BCUT2D eigenvalue weighted by atomic mass is 16.1. The fourth-order valence-corrected chi connectivity index (χ4v) is 3.67. The molecule has 0 unspecified atom stereocenters. The van der Waals surface area contributed by atoms with E-state index < -0.39 is 0 Å². The number of carbonyl (C=O) groups is 1. The molecule has 0 atom stereocenters. The lowest BCUT2D eigenvalue weighted by molar-refractivity contribution is 0.0908. The summed E-state index contributed by atoms with van der Waals surface area (Å²) in [4.78, 5) is 23.9. The first-order valence-corrected chi connectivity index (χ1v) is 9.86. The zero-order valence-corrected chi connectivity index (χ0v) is 16.4. The van der Waals surface area contributed by atoms with E-state index in [2.05, 4.69) is 45.2 Å². The van der Waals surface area contributed by atoms with Gasteiger partial charge in [-0.05, 0) is 44.9 Å². The summed E-state index contributed by atoms with van der Waals surface area (Å²) >= 11 is 0. The Labute approximate surface area is 164 Å². The summed E-state index contributed by atoms with van der Waals surface area (Å²) < 4.78 is 1.87. The number of piperidine rings is 1. The van der Waals surface area contributed by atoms with Gasteiger partial charge in [-0.25, -0.2) is 9.67 Å². The lowest BCUT2D eigenvalue weighted by Crippen LogP contribution is -2.44. The Morgan fingerprint density at radius 1 is 1.21 bits per heavy atom. The molecule has 3 aromatic heterocycles. The van der Waals surface area contributed by atoms with Gasteiger partial charge in [0.15, 0.2) is 5.65 Å². The molecule has 0 radical (unpaired) electrons. The van der Waals surface area contributed by atoms with Crippen molar-refractivity contribution in [2.24, 2.45) is 0 Å². The first kappa shape index (κ1) is 18.6. The number of aromatic nitrogens is 4. The molecule has 0 aliphatic carbocycles. The maximum atomic E-state index is 12.7. The molecule has 4 heterocycles. The zero-order valence-electron chi connectivity index (χ0n) is 16.4. The Balaban J connectivity index is 1.34. The van der Waals surface area contributed by atoms with Crippen molar-refractivity contribution in [2.75, 3.05) is 13.1 Å². The summed E-state index contributed by atoms with van der Waals surface area (Å²) in [7, 11) is 0. The molecule has 0 aromatic carbocycles. The minimum atomic E-state index is -0.0603. The number of fused-ring (bicyclic) bond motifs is 1. The van der Waals surface area contributed by atoms with Crippen LogP contribution < -0.4 is 5.32 Å². The minimum absolute atomic E-state index is 0.0603. The normalized spacial score (nSPS) is 16.0. The standard InChI is InChI=1S/C21H26N6O/c1-15(2)27-20-16(13-24-27)11-17(12-23-20)21(28)25-18-6-9-26(10-7-18)14-19-5-3-4-8-22-19/h3-5,8,11-13,15,18H,6-7,9-10,14H2,1-2H3,(H,25,28). The Kier molecular flexibility index (Phi) is 5.34. The van der Waals surface area contributed by atoms with Crippen LogP contribution in [0.2, 0.25) is 0 Å². The smallest absolute Gasteiger partial charge is 0.253 e. The van der Waals surface area contributed by atoms with Crippen LogP contribution in [0.4, 0.5) is 0 Å². The number of hydrogen-bond donors (Lipinski definition) is 1. The number of amides is 1. The van der Waals surface area contributed by atoms with E-state index in [4.69, 9.17) is 0 Å². The van der Waals surface area contributed by atoms with Crippen molar-refractivity contribution in [3.8, 4) is 0 Å². The maximum Gasteiger partial charge on any atom is 0.253 e. The number of likely N-dealkylation sites (tertiary alicyclic amines) is 1. The van der Waals surface area contributed by atoms with E-state index >= 15 is 0 Å². The number of pyridine rings is 2. The number of rotatable bonds is 5. The number of hydrogen-bond acceptors (Lipinski definition) is 5. The topological polar surface area (TPSA) is 75.9 Å². The summed E-state index contributed by atoms with van der Waals surface area (Å²) in [6.45, 7) is 6.91. The third-order valence-corrected chi connectivity index (χ3v) is 5.22. The summed E-state index contributed by atoms with van der Waals surface area (Å²) in [5.41, 5.74) is 2.49. The van der Waals surface area contributed by atoms with Crippen molar-refractivity contribution in [1.82, 2.24) is 30.0 Å². The van der Waals surface area contributed by atoms with E-state index in [0.717, 1.165) is 49.2 Å². The van der Waals surface area contributed by atoms with Gasteiger partial charge in [-0.3, -0.25) is 14.7 Å². The van der Waals surface area contributed by atoms with Gasteiger partial charge in [-0.1, -0.05) is 6.07 Å². The van der Waals surface area contributed by atoms with Gasteiger partial charge in [0.05, 0.1) is 17.5 Å². The predicted molar refractivity (Wildman–Crippen MR) is 108 cm³/mol. The predicted octanol–water partition coefficient (Wildman–Crippen LogP) is 2.80. The van der Waals surface area contributed by atoms with Crippen LogP contribution in [0, 0.1) is 0 Å². The highest BCUT2D eigenvalue weighted by Crippen LogP contribution is 2.18. The maximum absolute atomic E-state index is 12.7. The minimum Gasteiger partial charge on any atom is -0.349 e. The zero-order chi connectivity index (χ0) is 19.5. The Morgan fingerprint density at radius 3 is 2.75 bits per heavy atom. The number of nitrogens with zero attached hydrogens (tertiary/aromatic N) is 5. The van der Waals surface area contributed by atoms with E-state index in [1.165, 1.54) is 0 Å². The van der Waals surface area contributed by atoms with Crippen molar-refractivity contribution < 1.29 is 4.79 Å². The monoisotopic (exact) mass is 378 g/mol. The van der Waals surface area contributed by atoms with Crippen molar-refractivity contribution in [1.29, 1.82) is 0 Å². The van der Waals surface area contributed by atoms with Gasteiger partial charge in [0.1, 0.15) is 0 Å². The van der Waals surface area contributed by atoms with E-state index in [0.29, 0.717) is 5.56 Å². The molecular formula is C21H26N6O. The first-order chi connectivity index (χ1) is 13.6. The molecule has 3 aromatic rings. The van der Waals surface area contributed by atoms with Crippen molar-refractivity contribution in [2.45, 2.75) is 45.3 Å². The Morgan fingerprint density at radius 2 is 2.04 bits per heavy atom. The van der Waals surface area contributed by atoms with E-state index in [9.17, 15) is 4.79 Å². The first-order valence-electron chi connectivity index (χ1n) is 9.86. The molecule has 1 N–H and O–H groups in total. The van der Waals surface area contributed by atoms with E-state index in [1.807, 2.05) is 29.1 Å². The molecule has 7 nitrogen and oxygen atoms in total. The molecule has 1 fully saturated rings. The quantitative estimate of drug-likeness (QED) is 0.739. The fraction of sp³-hybridized carbons (Fsp3) is 0.429. The summed E-state index contributed by atoms with van der Waals surface area (Å²) in [5.74, 6) is -0.0603. The second-order valence-electron chi connectivity index (χ2n) is 7.66. The fourth-order valence-electron chi connectivity index (χ4n) is 3.67. The molecule has 1 saturated heterocycles. The summed E-state index contributed by atoms with van der Waals surface area (Å²) in [6, 6.07) is 8.32. The Bertz CT molecular complexity index is 944. The van der Waals surface area contributed by atoms with Gasteiger partial charge in [0, 0.05) is 49.5 Å². The molecule has 7 heteroatoms. The SMILES string of the molecule is CC(C)n1ncc2cc(C(=O)NC3CCN(Cc4ccccn4)CC3)cnc21. The highest BCUT2D eigenvalue weighted by Gasteiger charge is 2.22. The third kappa shape index (κ3) is 4.04. The van der Waals surface area contributed by atoms with Crippen LogP contribution in [-0.2, 0) is 6.54 Å². The molecule has 1 amide bonds. The molecule has 0 spiro atoms. The van der Waals surface area contributed by atoms with Crippen LogP contribution in [-0.4, -0.2) is 49.7 Å². The van der Waals surface area contributed by atoms with Crippen molar-refractivity contribution >= 4 is 16.9 Å². The second-order valence-corrected chi connectivity index (χ2v) is 7.66. The Hall–Kier alpha value is -2.80. The van der Waals surface area contributed by atoms with Gasteiger partial charge in [0.25, 0.3) is 5.91 Å². The largest absolute Gasteiger partial charge is 0.349 e. The molecular weight excluding hydrogens is 352 g/mol. The van der Waals surface area contributed by atoms with Crippen LogP contribution in [0.1, 0.15) is 48.8 Å². The molecule has 28 heavy (non-hydrogen) atoms. The highest BCUT2D eigenvalue weighted by molar-refractivity contribution is 5.97. The van der Waals surface area contributed by atoms with Gasteiger partial charge in [-0.2, -0.15) is 5.10 Å². The van der Waals surface area contributed by atoms with E-state index in [-0.39, 0.29) is 18.0 Å². The van der Waals surface area contributed by atoms with Gasteiger partial charge in [-0.15, -0.1) is 0 Å². The van der Waals surface area contributed by atoms with Crippen LogP contribution in [0.5, 0.6) is 0 Å². The van der Waals surface area contributed by atoms with E-state index in [1.54, 1.807) is 12.4 Å². The van der Waals surface area contributed by atoms with Crippen LogP contribution >= 0.6 is 0 Å². The molecule has 1 aliphatic rings. The molecule has 146 valence electrons. The average molecular weight is 378 g/mol. The summed E-state index contributed by atoms with van der Waals surface area (Å²) in [6.07, 6.45) is 7.14. The van der Waals surface area contributed by atoms with Crippen LogP contribution in [0.15, 0.2) is 42.9 Å². The lowest BCUT2D eigenvalue weighted by Gasteiger charge is -2.32. The molecule has 4 rings (SSSR count). The van der Waals surface area contributed by atoms with Crippen LogP contribution in [0.25, 0.3) is 11.0 Å². The average Bonchev–Trinajstić information content (AvgIpc) is 3.14. The number of carbonyl (C=O) groups excluding carboxylic acids is 1. The van der Waals surface area contributed by atoms with Gasteiger partial charge in [0.2, 0.25) is 0 Å². The second kappa shape index (κ2) is 8.06. The van der Waals surface area contributed by atoms with Crippen LogP contribution in [0.3, 0.4) is 0 Å².